The molecule has 0 amide bonds. The molecule has 0 atom stereocenters. The minimum atomic E-state index is -0.380. The van der Waals surface area contributed by atoms with Crippen molar-refractivity contribution in [3.63, 3.8) is 0 Å². The Morgan fingerprint density at radius 1 is 1.18 bits per heavy atom. The van der Waals surface area contributed by atoms with Crippen molar-refractivity contribution in [2.45, 2.75) is 13.5 Å². The Bertz CT molecular complexity index is 897. The predicted octanol–water partition coefficient (Wildman–Crippen LogP) is 4.86. The molecule has 0 saturated carbocycles. The maximum absolute atomic E-state index is 13.9. The van der Waals surface area contributed by atoms with E-state index in [4.69, 9.17) is 0 Å². The van der Waals surface area contributed by atoms with Crippen LogP contribution in [0.2, 0.25) is 0 Å². The average Bonchev–Trinajstić information content (AvgIpc) is 2.91. The third-order valence-electron chi connectivity index (χ3n) is 3.74. The Labute approximate surface area is 128 Å². The van der Waals surface area contributed by atoms with Crippen LogP contribution in [-0.4, -0.2) is 4.57 Å². The lowest BCUT2D eigenvalue weighted by atomic mass is 10.0. The first-order valence-corrected chi connectivity index (χ1v) is 7.19. The molecule has 3 rings (SSSR count). The van der Waals surface area contributed by atoms with Crippen molar-refractivity contribution in [3.8, 4) is 6.07 Å². The van der Waals surface area contributed by atoms with Crippen LogP contribution in [0.5, 0.6) is 0 Å². The zero-order valence-corrected chi connectivity index (χ0v) is 12.3. The van der Waals surface area contributed by atoms with Crippen LogP contribution in [0.4, 0.5) is 4.39 Å². The maximum Gasteiger partial charge on any atom is 0.131 e. The fourth-order valence-electron chi connectivity index (χ4n) is 2.66. The first-order chi connectivity index (χ1) is 10.7. The molecule has 0 radical (unpaired) electrons. The Kier molecular flexibility index (Phi) is 3.76. The van der Waals surface area contributed by atoms with Gasteiger partial charge in [0.2, 0.25) is 0 Å². The molecule has 0 N–H and O–H groups in total. The van der Waals surface area contributed by atoms with E-state index in [1.165, 1.54) is 6.07 Å². The van der Waals surface area contributed by atoms with Crippen molar-refractivity contribution < 1.29 is 4.39 Å². The standard InChI is InChI=1S/C19H15FN2/c1-2-22-13-15(17-8-4-6-10-19(17)22)11-14(12-21)16-7-3-5-9-18(16)20/h3-11,13H,2H2,1H3. The molecule has 1 heterocycles. The summed E-state index contributed by atoms with van der Waals surface area (Å²) in [4.78, 5) is 0. The number of fused-ring (bicyclic) bond motifs is 1. The average molecular weight is 290 g/mol. The molecular formula is C19H15FN2. The monoisotopic (exact) mass is 290 g/mol. The van der Waals surface area contributed by atoms with E-state index in [9.17, 15) is 9.65 Å². The zero-order chi connectivity index (χ0) is 15.5. The molecule has 0 bridgehead atoms. The lowest BCUT2D eigenvalue weighted by Crippen LogP contribution is -1.89. The molecule has 0 aliphatic heterocycles. The van der Waals surface area contributed by atoms with Crippen molar-refractivity contribution in [1.29, 1.82) is 5.26 Å². The third-order valence-corrected chi connectivity index (χ3v) is 3.74. The van der Waals surface area contributed by atoms with E-state index in [2.05, 4.69) is 17.6 Å². The molecule has 0 aliphatic rings. The first kappa shape index (κ1) is 14.1. The summed E-state index contributed by atoms with van der Waals surface area (Å²) >= 11 is 0. The van der Waals surface area contributed by atoms with Gasteiger partial charge in [-0.3, -0.25) is 0 Å². The largest absolute Gasteiger partial charge is 0.347 e. The number of nitriles is 1. The first-order valence-electron chi connectivity index (χ1n) is 7.19. The van der Waals surface area contributed by atoms with Gasteiger partial charge in [-0.05, 0) is 25.1 Å². The second-order valence-corrected chi connectivity index (χ2v) is 5.04. The van der Waals surface area contributed by atoms with Crippen molar-refractivity contribution in [1.82, 2.24) is 4.57 Å². The van der Waals surface area contributed by atoms with Crippen LogP contribution in [-0.2, 0) is 6.54 Å². The molecule has 2 nitrogen and oxygen atoms in total. The molecule has 3 aromatic rings. The lowest BCUT2D eigenvalue weighted by molar-refractivity contribution is 0.624. The normalized spacial score (nSPS) is 11.6. The summed E-state index contributed by atoms with van der Waals surface area (Å²) in [7, 11) is 0. The molecule has 1 aromatic heterocycles. The third kappa shape index (κ3) is 2.40. The van der Waals surface area contributed by atoms with Gasteiger partial charge in [-0.25, -0.2) is 4.39 Å². The second-order valence-electron chi connectivity index (χ2n) is 5.04. The minimum absolute atomic E-state index is 0.331. The van der Waals surface area contributed by atoms with Crippen LogP contribution in [0.3, 0.4) is 0 Å². The quantitative estimate of drug-likeness (QED) is 0.633. The molecule has 0 saturated heterocycles. The molecule has 2 aromatic carbocycles. The van der Waals surface area contributed by atoms with Gasteiger partial charge >= 0.3 is 0 Å². The minimum Gasteiger partial charge on any atom is -0.347 e. The molecule has 108 valence electrons. The molecule has 3 heteroatoms. The van der Waals surface area contributed by atoms with E-state index < -0.39 is 0 Å². The zero-order valence-electron chi connectivity index (χ0n) is 12.3. The Morgan fingerprint density at radius 2 is 1.91 bits per heavy atom. The van der Waals surface area contributed by atoms with Crippen molar-refractivity contribution in [3.05, 3.63) is 71.7 Å². The summed E-state index contributed by atoms with van der Waals surface area (Å²) in [6.07, 6.45) is 3.76. The highest BCUT2D eigenvalue weighted by atomic mass is 19.1. The van der Waals surface area contributed by atoms with Crippen LogP contribution in [0.1, 0.15) is 18.1 Å². The van der Waals surface area contributed by atoms with Gasteiger partial charge in [0.1, 0.15) is 5.82 Å². The SMILES string of the molecule is CCn1cc(C=C(C#N)c2ccccc2F)c2ccccc21. The molecule has 0 spiro atoms. The number of rotatable bonds is 3. The van der Waals surface area contributed by atoms with E-state index >= 15 is 0 Å². The topological polar surface area (TPSA) is 28.7 Å². The van der Waals surface area contributed by atoms with E-state index in [0.717, 1.165) is 23.0 Å². The lowest BCUT2D eigenvalue weighted by Gasteiger charge is -2.00. The number of nitrogens with zero attached hydrogens (tertiary/aromatic N) is 2. The van der Waals surface area contributed by atoms with Crippen LogP contribution in [0.15, 0.2) is 54.7 Å². The van der Waals surface area contributed by atoms with Crippen molar-refractivity contribution >= 4 is 22.6 Å². The van der Waals surface area contributed by atoms with Crippen LogP contribution < -0.4 is 0 Å². The Morgan fingerprint density at radius 3 is 2.64 bits per heavy atom. The molecule has 0 unspecified atom stereocenters. The smallest absolute Gasteiger partial charge is 0.131 e. The van der Waals surface area contributed by atoms with Crippen molar-refractivity contribution in [2.75, 3.05) is 0 Å². The van der Waals surface area contributed by atoms with Crippen LogP contribution in [0, 0.1) is 17.1 Å². The van der Waals surface area contributed by atoms with Gasteiger partial charge < -0.3 is 4.57 Å². The number of hydrogen-bond acceptors (Lipinski definition) is 1. The number of hydrogen-bond donors (Lipinski definition) is 0. The summed E-state index contributed by atoms with van der Waals surface area (Å²) in [5, 5.41) is 10.5. The van der Waals surface area contributed by atoms with Gasteiger partial charge in [-0.2, -0.15) is 5.26 Å². The highest BCUT2D eigenvalue weighted by molar-refractivity contribution is 5.98. The molecule has 0 fully saturated rings. The van der Waals surface area contributed by atoms with Crippen molar-refractivity contribution in [2.24, 2.45) is 0 Å². The number of benzene rings is 2. The maximum atomic E-state index is 13.9. The summed E-state index contributed by atoms with van der Waals surface area (Å²) in [5.74, 6) is -0.380. The van der Waals surface area contributed by atoms with Gasteiger partial charge in [-0.15, -0.1) is 0 Å². The predicted molar refractivity (Wildman–Crippen MR) is 87.5 cm³/mol. The fourth-order valence-corrected chi connectivity index (χ4v) is 2.66. The number of halogens is 1. The Hall–Kier alpha value is -2.86. The number of allylic oxidation sites excluding steroid dienone is 1. The Balaban J connectivity index is 2.19. The molecular weight excluding hydrogens is 275 g/mol. The number of aryl methyl sites for hydroxylation is 1. The van der Waals surface area contributed by atoms with E-state index in [0.29, 0.717) is 11.1 Å². The summed E-state index contributed by atoms with van der Waals surface area (Å²) in [6, 6.07) is 16.5. The van der Waals surface area contributed by atoms with E-state index in [1.54, 1.807) is 24.3 Å². The van der Waals surface area contributed by atoms with Gasteiger partial charge in [0, 0.05) is 34.8 Å². The summed E-state index contributed by atoms with van der Waals surface area (Å²) in [5.41, 5.74) is 2.70. The van der Waals surface area contributed by atoms with Gasteiger partial charge in [0.05, 0.1) is 11.6 Å². The number of para-hydroxylation sites is 1. The fraction of sp³-hybridized carbons (Fsp3) is 0.105. The highest BCUT2D eigenvalue weighted by Gasteiger charge is 2.10. The van der Waals surface area contributed by atoms with Crippen LogP contribution >= 0.6 is 0 Å². The molecule has 22 heavy (non-hydrogen) atoms. The van der Waals surface area contributed by atoms with Gasteiger partial charge in [0.25, 0.3) is 0 Å². The second kappa shape index (κ2) is 5.87. The summed E-state index contributed by atoms with van der Waals surface area (Å²) in [6.45, 7) is 2.91. The highest BCUT2D eigenvalue weighted by Crippen LogP contribution is 2.26. The van der Waals surface area contributed by atoms with E-state index in [1.807, 2.05) is 30.5 Å². The van der Waals surface area contributed by atoms with Gasteiger partial charge in [0.15, 0.2) is 0 Å². The molecule has 0 aliphatic carbocycles. The summed E-state index contributed by atoms with van der Waals surface area (Å²) < 4.78 is 16.0. The van der Waals surface area contributed by atoms with Gasteiger partial charge in [-0.1, -0.05) is 36.4 Å². The number of aromatic nitrogens is 1. The van der Waals surface area contributed by atoms with Crippen LogP contribution in [0.25, 0.3) is 22.6 Å². The van der Waals surface area contributed by atoms with E-state index in [-0.39, 0.29) is 5.82 Å².